The second-order valence-electron chi connectivity index (χ2n) is 19.0. The maximum Gasteiger partial charge on any atom is 0.303 e. The molecule has 5 rings (SSSR count). The quantitative estimate of drug-likeness (QED) is 0.0255. The summed E-state index contributed by atoms with van der Waals surface area (Å²) in [5.74, 6) is -10.3. The summed E-state index contributed by atoms with van der Waals surface area (Å²) < 4.78 is 0. The number of nitrogens with one attached hydrogen (secondary N) is 12. The second-order valence-corrected chi connectivity index (χ2v) is 19.0. The van der Waals surface area contributed by atoms with E-state index in [-0.39, 0.29) is 58.0 Å². The zero-order valence-corrected chi connectivity index (χ0v) is 43.8. The van der Waals surface area contributed by atoms with Crippen molar-refractivity contribution in [2.45, 2.75) is 106 Å². The molecule has 0 saturated carbocycles. The smallest absolute Gasteiger partial charge is 0.303 e. The topological polar surface area (TPSA) is 434 Å². The van der Waals surface area contributed by atoms with Gasteiger partial charge < -0.3 is 80.0 Å². The first-order valence-electron chi connectivity index (χ1n) is 25.9. The summed E-state index contributed by atoms with van der Waals surface area (Å²) in [6.07, 6.45) is -2.07. The van der Waals surface area contributed by atoms with Crippen LogP contribution in [0.25, 0.3) is 10.8 Å². The fourth-order valence-electron chi connectivity index (χ4n) is 8.63. The van der Waals surface area contributed by atoms with Crippen LogP contribution in [0.4, 0.5) is 0 Å². The number of hydrogen-bond acceptors (Lipinski definition) is 13. The molecule has 19 N–H and O–H groups in total. The van der Waals surface area contributed by atoms with Crippen LogP contribution < -0.4 is 64.6 Å². The van der Waals surface area contributed by atoms with E-state index in [9.17, 15) is 58.5 Å². The van der Waals surface area contributed by atoms with Crippen LogP contribution in [0.1, 0.15) is 55.2 Å². The number of nitrogens with two attached hydrogens (primary N) is 2. The predicted molar refractivity (Wildman–Crippen MR) is 293 cm³/mol. The summed E-state index contributed by atoms with van der Waals surface area (Å²) in [6, 6.07) is 16.8. The Morgan fingerprint density at radius 2 is 0.750 bits per heavy atom. The molecule has 0 bridgehead atoms. The third-order valence-corrected chi connectivity index (χ3v) is 12.9. The van der Waals surface area contributed by atoms with Crippen LogP contribution in [-0.4, -0.2) is 155 Å². The number of aliphatic carboxylic acids is 1. The number of carboxylic acid groups (broad SMARTS) is 1. The Hall–Kier alpha value is -9.17. The molecule has 1 saturated heterocycles. The maximum absolute atomic E-state index is 14.8. The molecule has 26 nitrogen and oxygen atoms in total. The van der Waals surface area contributed by atoms with E-state index in [0.717, 1.165) is 10.8 Å². The summed E-state index contributed by atoms with van der Waals surface area (Å²) in [7, 11) is 0. The van der Waals surface area contributed by atoms with Gasteiger partial charge in [-0.2, -0.15) is 0 Å². The van der Waals surface area contributed by atoms with Crippen molar-refractivity contribution < 1.29 is 58.5 Å². The molecule has 428 valence electrons. The minimum Gasteiger partial charge on any atom is -0.481 e. The molecule has 0 aromatic heterocycles. The highest BCUT2D eigenvalue weighted by atomic mass is 16.4. The lowest BCUT2D eigenvalue weighted by Gasteiger charge is -2.29. The maximum atomic E-state index is 14.8. The molecule has 0 aliphatic carbocycles. The Kier molecular flexibility index (Phi) is 24.1. The lowest BCUT2D eigenvalue weighted by molar-refractivity contribution is -0.139. The van der Waals surface area contributed by atoms with Crippen molar-refractivity contribution in [1.82, 2.24) is 53.2 Å². The van der Waals surface area contributed by atoms with Crippen LogP contribution >= 0.6 is 0 Å². The van der Waals surface area contributed by atoms with Crippen LogP contribution in [0.5, 0.6) is 0 Å². The Labute approximate surface area is 460 Å². The summed E-state index contributed by atoms with van der Waals surface area (Å²) >= 11 is 0. The number of carbonyl (C=O) groups excluding carboxylic acids is 8. The molecule has 4 aromatic rings. The molecule has 26 heteroatoms. The zero-order chi connectivity index (χ0) is 58.1. The van der Waals surface area contributed by atoms with Gasteiger partial charge in [-0.25, -0.2) is 0 Å². The molecule has 1 aliphatic heterocycles. The SMILES string of the molecule is N=C(N)NCCC[C@H]1NC(=O)[C@H](CO)NC(=O)[C@@H](CCCNC(=N)N)NC(=O)[C@H](CO)NC(=O)[C@H](Cc2ccc3ccccc3c2)NC(=O)[C@@H](Cc2ccccc2)NC(=O)[C@H](Cc2ccccc2)NC(=O)[C@H](CCC(=O)O)NC1=O. The van der Waals surface area contributed by atoms with Gasteiger partial charge >= 0.3 is 5.97 Å². The molecule has 1 heterocycles. The van der Waals surface area contributed by atoms with Crippen LogP contribution in [0, 0.1) is 10.8 Å². The van der Waals surface area contributed by atoms with E-state index in [4.69, 9.17) is 22.3 Å². The van der Waals surface area contributed by atoms with Crippen LogP contribution in [0.15, 0.2) is 103 Å². The Morgan fingerprint density at radius 1 is 0.425 bits per heavy atom. The van der Waals surface area contributed by atoms with Crippen LogP contribution in [-0.2, 0) is 62.4 Å². The van der Waals surface area contributed by atoms with Gasteiger partial charge in [0.15, 0.2) is 11.9 Å². The van der Waals surface area contributed by atoms with Gasteiger partial charge in [0.05, 0.1) is 13.2 Å². The Balaban J connectivity index is 1.62. The molecule has 80 heavy (non-hydrogen) atoms. The largest absolute Gasteiger partial charge is 0.481 e. The minimum atomic E-state index is -1.81. The first kappa shape index (κ1) is 61.7. The van der Waals surface area contributed by atoms with Crippen molar-refractivity contribution in [3.8, 4) is 0 Å². The molecule has 8 atom stereocenters. The number of aliphatic hydroxyl groups is 2. The number of carboxylic acids is 1. The highest BCUT2D eigenvalue weighted by molar-refractivity contribution is 5.99. The van der Waals surface area contributed by atoms with Crippen molar-refractivity contribution in [2.24, 2.45) is 11.5 Å². The van der Waals surface area contributed by atoms with Gasteiger partial charge in [0.2, 0.25) is 47.3 Å². The highest BCUT2D eigenvalue weighted by Gasteiger charge is 2.36. The first-order chi connectivity index (χ1) is 38.3. The monoisotopic (exact) mass is 1110 g/mol. The van der Waals surface area contributed by atoms with E-state index < -0.39 is 140 Å². The third kappa shape index (κ3) is 20.0. The molecule has 0 spiro atoms. The fraction of sp³-hybridized carbons (Fsp3) is 0.389. The predicted octanol–water partition coefficient (Wildman–Crippen LogP) is -2.86. The molecule has 0 unspecified atom stereocenters. The number of guanidine groups is 2. The summed E-state index contributed by atoms with van der Waals surface area (Å²) in [6.45, 7) is -2.06. The fourth-order valence-corrected chi connectivity index (χ4v) is 8.63. The van der Waals surface area contributed by atoms with Gasteiger partial charge in [-0.1, -0.05) is 103 Å². The molecule has 1 aliphatic rings. The van der Waals surface area contributed by atoms with Crippen molar-refractivity contribution in [1.29, 1.82) is 10.8 Å². The molecule has 4 aromatic carbocycles. The van der Waals surface area contributed by atoms with Gasteiger partial charge in [0.25, 0.3) is 0 Å². The zero-order valence-electron chi connectivity index (χ0n) is 43.8. The normalized spacial score (nSPS) is 22.1. The van der Waals surface area contributed by atoms with Crippen LogP contribution in [0.2, 0.25) is 0 Å². The van der Waals surface area contributed by atoms with E-state index in [1.807, 2.05) is 30.3 Å². The first-order valence-corrected chi connectivity index (χ1v) is 25.9. The van der Waals surface area contributed by atoms with Gasteiger partial charge in [0, 0.05) is 38.8 Å². The van der Waals surface area contributed by atoms with Crippen molar-refractivity contribution in [3.63, 3.8) is 0 Å². The lowest BCUT2D eigenvalue weighted by atomic mass is 9.99. The van der Waals surface area contributed by atoms with Crippen molar-refractivity contribution in [2.75, 3.05) is 26.3 Å². The van der Waals surface area contributed by atoms with E-state index in [1.165, 1.54) is 0 Å². The number of rotatable bonds is 19. The van der Waals surface area contributed by atoms with Gasteiger partial charge in [-0.3, -0.25) is 54.0 Å². The molecular weight excluding hydrogens is 1040 g/mol. The molecular formula is C54H70N14O12. The van der Waals surface area contributed by atoms with E-state index in [1.54, 1.807) is 72.8 Å². The number of amides is 8. The lowest BCUT2D eigenvalue weighted by Crippen LogP contribution is -2.62. The number of hydrogen-bond donors (Lipinski definition) is 17. The number of carbonyl (C=O) groups is 9. The second kappa shape index (κ2) is 31.3. The van der Waals surface area contributed by atoms with E-state index in [0.29, 0.717) is 16.7 Å². The summed E-state index contributed by atoms with van der Waals surface area (Å²) in [5.41, 5.74) is 12.5. The van der Waals surface area contributed by atoms with E-state index in [2.05, 4.69) is 53.2 Å². The standard InChI is InChI=1S/C54H70N14O12/c55-53(56)59-23-9-17-36-45(73)63-38(21-22-44(71)72)47(75)64-39(26-31-11-3-1-4-12-31)48(76)65-40(27-32-13-5-2-6-14-32)49(77)66-41(28-33-19-20-34-15-7-8-16-35(34)25-33)50(78)68-43(30-70)52(80)62-37(18-10-24-60-54(57)58)46(74)67-42(29-69)51(79)61-36/h1-8,11-16,19-20,25,36-43,69-70H,9-10,17-18,21-24,26-30H2,(H,61,79)(H,62,80)(H,63,73)(H,64,75)(H,65,76)(H,66,77)(H,67,74)(H,68,78)(H,71,72)(H4,55,56,59)(H4,57,58,60)/t36-,37-,38+,39+,40-,41+,42+,43+/m1/s1. The van der Waals surface area contributed by atoms with Crippen molar-refractivity contribution >= 4 is 75.9 Å². The highest BCUT2D eigenvalue weighted by Crippen LogP contribution is 2.18. The summed E-state index contributed by atoms with van der Waals surface area (Å²) in [5, 5.41) is 72.9. The molecule has 0 radical (unpaired) electrons. The molecule has 1 fully saturated rings. The molecule has 8 amide bonds. The van der Waals surface area contributed by atoms with Crippen molar-refractivity contribution in [3.05, 3.63) is 120 Å². The van der Waals surface area contributed by atoms with Gasteiger partial charge in [-0.05, 0) is 59.6 Å². The average Bonchev–Trinajstić information content (AvgIpc) is 3.45. The summed E-state index contributed by atoms with van der Waals surface area (Å²) in [4.78, 5) is 127. The van der Waals surface area contributed by atoms with Gasteiger partial charge in [-0.15, -0.1) is 0 Å². The number of fused-ring (bicyclic) bond motifs is 1. The average molecular weight is 1110 g/mol. The Morgan fingerprint density at radius 3 is 1.14 bits per heavy atom. The minimum absolute atomic E-state index is 0.0118. The number of aliphatic hydroxyl groups excluding tert-OH is 2. The number of benzene rings is 4. The third-order valence-electron chi connectivity index (χ3n) is 12.9. The van der Waals surface area contributed by atoms with E-state index >= 15 is 0 Å². The Bertz CT molecular complexity index is 2830. The van der Waals surface area contributed by atoms with Crippen LogP contribution in [0.3, 0.4) is 0 Å². The van der Waals surface area contributed by atoms with Gasteiger partial charge in [0.1, 0.15) is 48.3 Å².